The second-order valence-corrected chi connectivity index (χ2v) is 18.9. The van der Waals surface area contributed by atoms with E-state index in [0.717, 1.165) is 32.1 Å². The van der Waals surface area contributed by atoms with Crippen LogP contribution in [0.15, 0.2) is 0 Å². The van der Waals surface area contributed by atoms with Gasteiger partial charge in [0.25, 0.3) is 0 Å². The third-order valence-electron chi connectivity index (χ3n) is 15.1. The van der Waals surface area contributed by atoms with Gasteiger partial charge in [0.2, 0.25) is 0 Å². The molecule has 0 aromatic rings. The van der Waals surface area contributed by atoms with E-state index < -0.39 is 65.0 Å². The predicted molar refractivity (Wildman–Crippen MR) is 193 cm³/mol. The van der Waals surface area contributed by atoms with Gasteiger partial charge in [-0.1, -0.05) is 48.5 Å². The molecule has 6 rings (SSSR count). The molecule has 21 atom stereocenters. The maximum atomic E-state index is 12.1. The quantitative estimate of drug-likeness (QED) is 0.272. The van der Waals surface area contributed by atoms with Gasteiger partial charge in [-0.05, 0) is 77.6 Å². The summed E-state index contributed by atoms with van der Waals surface area (Å²) in [5.74, 6) is -5.28. The second-order valence-electron chi connectivity index (χ2n) is 18.9. The smallest absolute Gasteiger partial charge is 0.311 e. The Morgan fingerprint density at radius 2 is 1.50 bits per heavy atom. The number of ether oxygens (including phenoxy) is 7. The van der Waals surface area contributed by atoms with Gasteiger partial charge in [-0.15, -0.1) is 0 Å². The molecule has 6 aliphatic rings. The third-order valence-corrected chi connectivity index (χ3v) is 15.1. The van der Waals surface area contributed by atoms with Gasteiger partial charge in [0, 0.05) is 43.6 Å². The average molecular weight is 739 g/mol. The molecular formula is C41H70O11. The van der Waals surface area contributed by atoms with Crippen molar-refractivity contribution in [1.29, 1.82) is 0 Å². The van der Waals surface area contributed by atoms with Gasteiger partial charge in [-0.2, -0.15) is 0 Å². The standard InChI is InChI=1S/C41H70O11/c1-20-17-21(2)32(47-28(20)9)30-18-22(3)36(48-30)39(11)14-13-31(49-39)38(10)15-16-40(52-38)19-29(42)23(4)33(50-40)24(5)34-25(6)35(46-12)26(7)41(45,51-34)27(8)37(43)44/h20-36,42,45H,13-19H2,1-12H3,(H,43,44). The summed E-state index contributed by atoms with van der Waals surface area (Å²) in [6, 6.07) is 0. The minimum absolute atomic E-state index is 0.0376. The van der Waals surface area contributed by atoms with Crippen molar-refractivity contribution in [1.82, 2.24) is 0 Å². The van der Waals surface area contributed by atoms with E-state index >= 15 is 0 Å². The fourth-order valence-corrected chi connectivity index (χ4v) is 11.5. The van der Waals surface area contributed by atoms with E-state index in [9.17, 15) is 20.1 Å². The highest BCUT2D eigenvalue weighted by Gasteiger charge is 2.63. The number of carboxylic acids is 1. The lowest BCUT2D eigenvalue weighted by Gasteiger charge is -2.54. The lowest BCUT2D eigenvalue weighted by Crippen LogP contribution is -2.65. The number of rotatable bonds is 8. The molecule has 6 heterocycles. The van der Waals surface area contributed by atoms with Crippen LogP contribution in [0.4, 0.5) is 0 Å². The van der Waals surface area contributed by atoms with Crippen LogP contribution in [0.3, 0.4) is 0 Å². The van der Waals surface area contributed by atoms with Crippen molar-refractivity contribution in [3.8, 4) is 0 Å². The molecule has 11 nitrogen and oxygen atoms in total. The molecule has 52 heavy (non-hydrogen) atoms. The first kappa shape index (κ1) is 40.8. The molecule has 3 N–H and O–H groups in total. The third kappa shape index (κ3) is 6.93. The van der Waals surface area contributed by atoms with Gasteiger partial charge in [-0.3, -0.25) is 4.79 Å². The summed E-state index contributed by atoms with van der Waals surface area (Å²) in [5.41, 5.74) is -1.08. The van der Waals surface area contributed by atoms with Crippen LogP contribution in [0.2, 0.25) is 0 Å². The van der Waals surface area contributed by atoms with Crippen LogP contribution in [0, 0.1) is 47.3 Å². The van der Waals surface area contributed by atoms with E-state index in [-0.39, 0.29) is 48.3 Å². The second kappa shape index (κ2) is 14.6. The molecule has 21 unspecified atom stereocenters. The van der Waals surface area contributed by atoms with Gasteiger partial charge in [0.15, 0.2) is 11.6 Å². The highest BCUT2D eigenvalue weighted by atomic mass is 16.7. The molecule has 0 amide bonds. The van der Waals surface area contributed by atoms with Gasteiger partial charge in [0.05, 0.1) is 66.1 Å². The highest BCUT2D eigenvalue weighted by molar-refractivity contribution is 5.70. The van der Waals surface area contributed by atoms with Crippen molar-refractivity contribution >= 4 is 5.97 Å². The van der Waals surface area contributed by atoms with Gasteiger partial charge in [0.1, 0.15) is 5.92 Å². The summed E-state index contributed by atoms with van der Waals surface area (Å²) >= 11 is 0. The largest absolute Gasteiger partial charge is 0.481 e. The maximum absolute atomic E-state index is 12.1. The van der Waals surface area contributed by atoms with Crippen molar-refractivity contribution in [2.75, 3.05) is 7.11 Å². The number of carboxylic acid groups (broad SMARTS) is 1. The van der Waals surface area contributed by atoms with Crippen LogP contribution in [0.5, 0.6) is 0 Å². The zero-order chi connectivity index (χ0) is 38.3. The zero-order valence-corrected chi connectivity index (χ0v) is 33.9. The molecule has 11 heteroatoms. The Bertz CT molecular complexity index is 1280. The highest BCUT2D eigenvalue weighted by Crippen LogP contribution is 2.55. The number of carbonyl (C=O) groups is 1. The Balaban J connectivity index is 1.15. The fourth-order valence-electron chi connectivity index (χ4n) is 11.5. The number of aliphatic hydroxyl groups is 2. The average Bonchev–Trinajstić information content (AvgIpc) is 3.78. The van der Waals surface area contributed by atoms with Crippen LogP contribution in [0.25, 0.3) is 0 Å². The number of hydrogen-bond acceptors (Lipinski definition) is 10. The first-order valence-corrected chi connectivity index (χ1v) is 20.4. The van der Waals surface area contributed by atoms with E-state index in [2.05, 4.69) is 41.5 Å². The van der Waals surface area contributed by atoms with E-state index in [1.165, 1.54) is 6.92 Å². The molecule has 300 valence electrons. The zero-order valence-electron chi connectivity index (χ0n) is 33.9. The molecular weight excluding hydrogens is 668 g/mol. The molecule has 6 fully saturated rings. The Morgan fingerprint density at radius 3 is 2.15 bits per heavy atom. The molecule has 6 aliphatic heterocycles. The van der Waals surface area contributed by atoms with Gasteiger partial charge >= 0.3 is 5.97 Å². The lowest BCUT2D eigenvalue weighted by molar-refractivity contribution is -0.365. The van der Waals surface area contributed by atoms with Gasteiger partial charge in [-0.25, -0.2) is 0 Å². The molecule has 0 saturated carbocycles. The van der Waals surface area contributed by atoms with Crippen molar-refractivity contribution in [2.24, 2.45) is 47.3 Å². The van der Waals surface area contributed by atoms with Crippen molar-refractivity contribution in [3.05, 3.63) is 0 Å². The van der Waals surface area contributed by atoms with Crippen LogP contribution in [-0.2, 0) is 38.0 Å². The Morgan fingerprint density at radius 1 is 0.827 bits per heavy atom. The summed E-state index contributed by atoms with van der Waals surface area (Å²) in [7, 11) is 1.59. The SMILES string of the molecule is COC1C(C)C(C(C)C2OC3(CCC(C)(C4CCC(C)(C5OC(C6OC(C)C(C)CC6C)CC5C)O4)O3)CC(O)C2C)OC(O)(C(C)C(=O)O)C1C. The molecule has 1 spiro atoms. The van der Waals surface area contributed by atoms with Gasteiger partial charge < -0.3 is 48.5 Å². The fraction of sp³-hybridized carbons (Fsp3) is 0.976. The van der Waals surface area contributed by atoms with Crippen LogP contribution < -0.4 is 0 Å². The Kier molecular flexibility index (Phi) is 11.4. The summed E-state index contributed by atoms with van der Waals surface area (Å²) in [5, 5.41) is 33.2. The summed E-state index contributed by atoms with van der Waals surface area (Å²) in [4.78, 5) is 12.1. The first-order chi connectivity index (χ1) is 24.2. The van der Waals surface area contributed by atoms with E-state index in [1.807, 2.05) is 20.8 Å². The molecule has 0 aliphatic carbocycles. The Hall–Kier alpha value is -0.890. The van der Waals surface area contributed by atoms with E-state index in [0.29, 0.717) is 30.6 Å². The van der Waals surface area contributed by atoms with Crippen LogP contribution >= 0.6 is 0 Å². The van der Waals surface area contributed by atoms with Crippen LogP contribution in [-0.4, -0.2) is 106 Å². The van der Waals surface area contributed by atoms with Crippen molar-refractivity contribution in [3.63, 3.8) is 0 Å². The molecule has 0 bridgehead atoms. The number of hydrogen-bond donors (Lipinski definition) is 3. The summed E-state index contributed by atoms with van der Waals surface area (Å²) < 4.78 is 46.7. The minimum atomic E-state index is -1.94. The monoisotopic (exact) mass is 738 g/mol. The summed E-state index contributed by atoms with van der Waals surface area (Å²) in [6.07, 6.45) is 3.48. The minimum Gasteiger partial charge on any atom is -0.481 e. The number of methoxy groups -OCH3 is 1. The molecule has 0 radical (unpaired) electrons. The van der Waals surface area contributed by atoms with Crippen LogP contribution in [0.1, 0.15) is 121 Å². The van der Waals surface area contributed by atoms with E-state index in [1.54, 1.807) is 14.0 Å². The predicted octanol–water partition coefficient (Wildman–Crippen LogP) is 5.95. The van der Waals surface area contributed by atoms with Crippen molar-refractivity contribution in [2.45, 2.75) is 199 Å². The molecule has 6 saturated heterocycles. The van der Waals surface area contributed by atoms with Crippen molar-refractivity contribution < 1.29 is 53.3 Å². The Labute approximate surface area is 312 Å². The topological polar surface area (TPSA) is 142 Å². The number of aliphatic hydroxyl groups excluding tert-OH is 1. The summed E-state index contributed by atoms with van der Waals surface area (Å²) in [6.45, 7) is 22.6. The number of aliphatic carboxylic acids is 1. The lowest BCUT2D eigenvalue weighted by atomic mass is 9.71. The molecule has 0 aromatic carbocycles. The molecule has 0 aromatic heterocycles. The first-order valence-electron chi connectivity index (χ1n) is 20.4. The maximum Gasteiger partial charge on any atom is 0.311 e. The normalized spacial score (nSPS) is 55.5. The van der Waals surface area contributed by atoms with E-state index in [4.69, 9.17) is 33.2 Å².